The molecule has 1 heterocycles. The predicted molar refractivity (Wildman–Crippen MR) is 99.4 cm³/mol. The van der Waals surface area contributed by atoms with Gasteiger partial charge in [0.05, 0.1) is 12.3 Å². The van der Waals surface area contributed by atoms with Crippen molar-refractivity contribution >= 4 is 45.8 Å². The first kappa shape index (κ1) is 16.5. The van der Waals surface area contributed by atoms with Gasteiger partial charge in [0.1, 0.15) is 0 Å². The molecule has 2 aromatic carbocycles. The van der Waals surface area contributed by atoms with E-state index in [1.165, 1.54) is 17.1 Å². The number of fused-ring (bicyclic) bond motifs is 1. The van der Waals surface area contributed by atoms with Crippen LogP contribution in [0, 0.1) is 0 Å². The van der Waals surface area contributed by atoms with Crippen LogP contribution in [0.25, 0.3) is 10.8 Å². The standard InChI is InChI=1S/C18H16N2O2S2/c21-17(20-18(22)19-11-16-6-3-9-23-16)12-24-15-8-7-13-4-1-2-5-14(13)10-15/h1-10H,11-12H2,(H2,19,20,21,22). The summed E-state index contributed by atoms with van der Waals surface area (Å²) in [6.45, 7) is 0.425. The minimum absolute atomic E-state index is 0.199. The number of amides is 3. The van der Waals surface area contributed by atoms with Crippen molar-refractivity contribution in [2.24, 2.45) is 0 Å². The average Bonchev–Trinajstić information content (AvgIpc) is 3.11. The van der Waals surface area contributed by atoms with E-state index in [4.69, 9.17) is 0 Å². The zero-order chi connectivity index (χ0) is 16.8. The largest absolute Gasteiger partial charge is 0.333 e. The van der Waals surface area contributed by atoms with Crippen molar-refractivity contribution < 1.29 is 9.59 Å². The number of imide groups is 1. The Morgan fingerprint density at radius 1 is 1.00 bits per heavy atom. The highest BCUT2D eigenvalue weighted by Gasteiger charge is 2.08. The van der Waals surface area contributed by atoms with Gasteiger partial charge in [0, 0.05) is 9.77 Å². The maximum absolute atomic E-state index is 11.9. The molecule has 0 saturated heterocycles. The second-order valence-corrected chi connectivity index (χ2v) is 7.19. The number of thiophene rings is 1. The number of thioether (sulfide) groups is 1. The summed E-state index contributed by atoms with van der Waals surface area (Å²) in [6, 6.07) is 17.5. The summed E-state index contributed by atoms with van der Waals surface area (Å²) < 4.78 is 0. The molecular formula is C18H16N2O2S2. The first-order valence-corrected chi connectivity index (χ1v) is 9.29. The number of rotatable bonds is 5. The van der Waals surface area contributed by atoms with Crippen LogP contribution in [0.15, 0.2) is 64.9 Å². The van der Waals surface area contributed by atoms with Crippen molar-refractivity contribution in [2.75, 3.05) is 5.75 Å². The third-order valence-electron chi connectivity index (χ3n) is 3.35. The highest BCUT2D eigenvalue weighted by molar-refractivity contribution is 8.00. The fourth-order valence-corrected chi connectivity index (χ4v) is 3.58. The fraction of sp³-hybridized carbons (Fsp3) is 0.111. The summed E-state index contributed by atoms with van der Waals surface area (Å²) in [4.78, 5) is 25.6. The molecule has 0 radical (unpaired) electrons. The van der Waals surface area contributed by atoms with Crippen LogP contribution in [0.1, 0.15) is 4.88 Å². The average molecular weight is 356 g/mol. The zero-order valence-corrected chi connectivity index (χ0v) is 14.5. The lowest BCUT2D eigenvalue weighted by Gasteiger charge is -2.06. The highest BCUT2D eigenvalue weighted by atomic mass is 32.2. The van der Waals surface area contributed by atoms with Crippen LogP contribution in [0.2, 0.25) is 0 Å². The number of carbonyl (C=O) groups excluding carboxylic acids is 2. The normalized spacial score (nSPS) is 10.5. The second-order valence-electron chi connectivity index (χ2n) is 5.11. The van der Waals surface area contributed by atoms with Gasteiger partial charge in [0.2, 0.25) is 5.91 Å². The lowest BCUT2D eigenvalue weighted by atomic mass is 10.1. The van der Waals surface area contributed by atoms with Crippen molar-refractivity contribution in [1.82, 2.24) is 10.6 Å². The van der Waals surface area contributed by atoms with E-state index in [1.54, 1.807) is 11.3 Å². The summed E-state index contributed by atoms with van der Waals surface area (Å²) >= 11 is 2.97. The Morgan fingerprint density at radius 2 is 1.83 bits per heavy atom. The second kappa shape index (κ2) is 7.99. The minimum atomic E-state index is -0.465. The Kier molecular flexibility index (Phi) is 5.51. The van der Waals surface area contributed by atoms with Crippen LogP contribution >= 0.6 is 23.1 Å². The lowest BCUT2D eigenvalue weighted by molar-refractivity contribution is -0.117. The van der Waals surface area contributed by atoms with Gasteiger partial charge < -0.3 is 5.32 Å². The maximum Gasteiger partial charge on any atom is 0.321 e. The van der Waals surface area contributed by atoms with Gasteiger partial charge in [0.15, 0.2) is 0 Å². The molecule has 24 heavy (non-hydrogen) atoms. The molecule has 0 fully saturated rings. The Morgan fingerprint density at radius 3 is 2.62 bits per heavy atom. The van der Waals surface area contributed by atoms with Gasteiger partial charge in [-0.1, -0.05) is 36.4 Å². The number of hydrogen-bond donors (Lipinski definition) is 2. The van der Waals surface area contributed by atoms with Crippen molar-refractivity contribution in [2.45, 2.75) is 11.4 Å². The SMILES string of the molecule is O=C(CSc1ccc2ccccc2c1)NC(=O)NCc1cccs1. The zero-order valence-electron chi connectivity index (χ0n) is 12.8. The molecule has 122 valence electrons. The van der Waals surface area contributed by atoms with Gasteiger partial charge in [-0.2, -0.15) is 0 Å². The molecule has 0 bridgehead atoms. The third-order valence-corrected chi connectivity index (χ3v) is 5.22. The van der Waals surface area contributed by atoms with Gasteiger partial charge in [-0.3, -0.25) is 10.1 Å². The summed E-state index contributed by atoms with van der Waals surface area (Å²) in [6.07, 6.45) is 0. The van der Waals surface area contributed by atoms with Crippen molar-refractivity contribution in [1.29, 1.82) is 0 Å². The van der Waals surface area contributed by atoms with Gasteiger partial charge in [-0.25, -0.2) is 4.79 Å². The van der Waals surface area contributed by atoms with Crippen molar-refractivity contribution in [3.63, 3.8) is 0 Å². The molecule has 4 nitrogen and oxygen atoms in total. The smallest absolute Gasteiger partial charge is 0.321 e. The molecule has 2 N–H and O–H groups in total. The van der Waals surface area contributed by atoms with Crippen LogP contribution < -0.4 is 10.6 Å². The van der Waals surface area contributed by atoms with Gasteiger partial charge in [0.25, 0.3) is 0 Å². The minimum Gasteiger partial charge on any atom is -0.333 e. The summed E-state index contributed by atoms with van der Waals surface area (Å²) in [5.41, 5.74) is 0. The Bertz CT molecular complexity index is 847. The van der Waals surface area contributed by atoms with Crippen LogP contribution in [0.5, 0.6) is 0 Å². The number of urea groups is 1. The van der Waals surface area contributed by atoms with E-state index in [-0.39, 0.29) is 11.7 Å². The van der Waals surface area contributed by atoms with Crippen LogP contribution in [-0.2, 0) is 11.3 Å². The Balaban J connectivity index is 1.46. The molecule has 0 spiro atoms. The Labute approximate surface area is 148 Å². The van der Waals surface area contributed by atoms with E-state index in [0.717, 1.165) is 15.2 Å². The predicted octanol–water partition coefficient (Wildman–Crippen LogP) is 4.02. The maximum atomic E-state index is 11.9. The Hall–Kier alpha value is -2.31. The molecule has 3 rings (SSSR count). The summed E-state index contributed by atoms with van der Waals surface area (Å²) in [5.74, 6) is -0.109. The molecule has 3 aromatic rings. The van der Waals surface area contributed by atoms with E-state index in [0.29, 0.717) is 6.54 Å². The third kappa shape index (κ3) is 4.59. The molecule has 0 aliphatic heterocycles. The van der Waals surface area contributed by atoms with Crippen LogP contribution in [-0.4, -0.2) is 17.7 Å². The first-order chi connectivity index (χ1) is 11.7. The molecule has 0 saturated carbocycles. The molecular weight excluding hydrogens is 340 g/mol. The van der Waals surface area contributed by atoms with E-state index in [2.05, 4.69) is 16.7 Å². The van der Waals surface area contributed by atoms with E-state index in [1.807, 2.05) is 53.9 Å². The molecule has 1 aromatic heterocycles. The van der Waals surface area contributed by atoms with Crippen LogP contribution in [0.4, 0.5) is 4.79 Å². The van der Waals surface area contributed by atoms with Crippen molar-refractivity contribution in [3.05, 3.63) is 64.9 Å². The summed E-state index contributed by atoms with van der Waals surface area (Å²) in [5, 5.41) is 9.26. The highest BCUT2D eigenvalue weighted by Crippen LogP contribution is 2.23. The summed E-state index contributed by atoms with van der Waals surface area (Å²) in [7, 11) is 0. The number of nitrogens with one attached hydrogen (secondary N) is 2. The molecule has 0 aliphatic rings. The van der Waals surface area contributed by atoms with E-state index >= 15 is 0 Å². The molecule has 0 aliphatic carbocycles. The fourth-order valence-electron chi connectivity index (χ4n) is 2.19. The van der Waals surface area contributed by atoms with E-state index < -0.39 is 6.03 Å². The lowest BCUT2D eigenvalue weighted by Crippen LogP contribution is -2.39. The van der Waals surface area contributed by atoms with Gasteiger partial charge >= 0.3 is 6.03 Å². The monoisotopic (exact) mass is 356 g/mol. The number of carbonyl (C=O) groups is 2. The number of benzene rings is 2. The molecule has 0 unspecified atom stereocenters. The van der Waals surface area contributed by atoms with Gasteiger partial charge in [-0.15, -0.1) is 23.1 Å². The molecule has 3 amide bonds. The van der Waals surface area contributed by atoms with E-state index in [9.17, 15) is 9.59 Å². The first-order valence-electron chi connectivity index (χ1n) is 7.42. The topological polar surface area (TPSA) is 58.2 Å². The molecule has 6 heteroatoms. The quantitative estimate of drug-likeness (QED) is 0.679. The van der Waals surface area contributed by atoms with Crippen LogP contribution in [0.3, 0.4) is 0 Å². The van der Waals surface area contributed by atoms with Gasteiger partial charge in [-0.05, 0) is 34.4 Å². The molecule has 0 atom stereocenters. The van der Waals surface area contributed by atoms with Crippen molar-refractivity contribution in [3.8, 4) is 0 Å². The number of hydrogen-bond acceptors (Lipinski definition) is 4.